The highest BCUT2D eigenvalue weighted by atomic mass is 79.9. The predicted molar refractivity (Wildman–Crippen MR) is 69.0 cm³/mol. The molecule has 0 aliphatic rings. The van der Waals surface area contributed by atoms with Gasteiger partial charge in [0, 0.05) is 18.2 Å². The van der Waals surface area contributed by atoms with Gasteiger partial charge in [-0.1, -0.05) is 0 Å². The Kier molecular flexibility index (Phi) is 3.49. The lowest BCUT2D eigenvalue weighted by Gasteiger charge is -2.08. The zero-order valence-electron chi connectivity index (χ0n) is 8.89. The summed E-state index contributed by atoms with van der Waals surface area (Å²) in [6.07, 6.45) is 1.70. The van der Waals surface area contributed by atoms with E-state index in [-0.39, 0.29) is 11.5 Å². The van der Waals surface area contributed by atoms with Gasteiger partial charge in [0.25, 0.3) is 0 Å². The quantitative estimate of drug-likeness (QED) is 0.762. The summed E-state index contributed by atoms with van der Waals surface area (Å²) in [4.78, 5) is 4.08. The van der Waals surface area contributed by atoms with Gasteiger partial charge in [0.2, 0.25) is 0 Å². The van der Waals surface area contributed by atoms with Gasteiger partial charge in [-0.15, -0.1) is 0 Å². The molecule has 1 aromatic carbocycles. The normalized spacial score (nSPS) is 10.2. The van der Waals surface area contributed by atoms with Gasteiger partial charge < -0.3 is 15.5 Å². The molecule has 3 N–H and O–H groups in total. The van der Waals surface area contributed by atoms with E-state index in [2.05, 4.69) is 26.2 Å². The smallest absolute Gasteiger partial charge is 0.124 e. The third-order valence-electron chi connectivity index (χ3n) is 2.28. The van der Waals surface area contributed by atoms with Crippen molar-refractivity contribution in [3.8, 4) is 11.5 Å². The summed E-state index contributed by atoms with van der Waals surface area (Å²) in [5.41, 5.74) is 1.58. The Morgan fingerprint density at radius 2 is 2.00 bits per heavy atom. The molecule has 2 rings (SSSR count). The van der Waals surface area contributed by atoms with Gasteiger partial charge in [0.15, 0.2) is 0 Å². The molecule has 0 radical (unpaired) electrons. The molecular formula is C12H11BrN2O2. The third kappa shape index (κ3) is 3.10. The van der Waals surface area contributed by atoms with E-state index >= 15 is 0 Å². The minimum atomic E-state index is 0.0524. The molecule has 2 aromatic rings. The largest absolute Gasteiger partial charge is 0.508 e. The number of halogens is 1. The highest BCUT2D eigenvalue weighted by Gasteiger charge is 2.02. The van der Waals surface area contributed by atoms with Crippen molar-refractivity contribution in [2.45, 2.75) is 6.54 Å². The van der Waals surface area contributed by atoms with Crippen molar-refractivity contribution in [3.63, 3.8) is 0 Å². The van der Waals surface area contributed by atoms with Crippen LogP contribution in [0.4, 0.5) is 5.69 Å². The van der Waals surface area contributed by atoms with Crippen molar-refractivity contribution >= 4 is 21.6 Å². The fourth-order valence-electron chi connectivity index (χ4n) is 1.38. The average Bonchev–Trinajstić information content (AvgIpc) is 2.30. The Labute approximate surface area is 107 Å². The molecule has 0 saturated carbocycles. The summed E-state index contributed by atoms with van der Waals surface area (Å²) in [6, 6.07) is 8.24. The predicted octanol–water partition coefficient (Wildman–Crippen LogP) is 2.87. The SMILES string of the molecule is Oc1ccc(CNc2ccc(Br)nc2)c(O)c1. The second kappa shape index (κ2) is 5.05. The van der Waals surface area contributed by atoms with Crippen LogP contribution in [0.15, 0.2) is 41.1 Å². The number of pyridine rings is 1. The Hall–Kier alpha value is -1.75. The Morgan fingerprint density at radius 1 is 1.18 bits per heavy atom. The van der Waals surface area contributed by atoms with Crippen LogP contribution in [0.3, 0.4) is 0 Å². The Balaban J connectivity index is 2.04. The van der Waals surface area contributed by atoms with Crippen LogP contribution >= 0.6 is 15.9 Å². The number of phenols is 2. The van der Waals surface area contributed by atoms with Crippen LogP contribution in [0, 0.1) is 0 Å². The molecule has 1 heterocycles. The molecule has 17 heavy (non-hydrogen) atoms. The van der Waals surface area contributed by atoms with Crippen molar-refractivity contribution in [2.24, 2.45) is 0 Å². The fourth-order valence-corrected chi connectivity index (χ4v) is 1.61. The van der Waals surface area contributed by atoms with Gasteiger partial charge in [-0.25, -0.2) is 4.98 Å². The minimum Gasteiger partial charge on any atom is -0.508 e. The highest BCUT2D eigenvalue weighted by Crippen LogP contribution is 2.23. The number of nitrogens with one attached hydrogen (secondary N) is 1. The highest BCUT2D eigenvalue weighted by molar-refractivity contribution is 9.10. The van der Waals surface area contributed by atoms with E-state index in [4.69, 9.17) is 5.11 Å². The molecule has 5 heteroatoms. The van der Waals surface area contributed by atoms with Crippen LogP contribution in [0.2, 0.25) is 0 Å². The first kappa shape index (κ1) is 11.7. The van der Waals surface area contributed by atoms with Crippen LogP contribution in [0.5, 0.6) is 11.5 Å². The summed E-state index contributed by atoms with van der Waals surface area (Å²) in [6.45, 7) is 0.468. The molecule has 0 bridgehead atoms. The number of benzene rings is 1. The lowest BCUT2D eigenvalue weighted by Crippen LogP contribution is -1.99. The first-order valence-electron chi connectivity index (χ1n) is 5.01. The molecule has 88 valence electrons. The summed E-state index contributed by atoms with van der Waals surface area (Å²) in [5, 5.41) is 21.9. The van der Waals surface area contributed by atoms with Gasteiger partial charge in [0.1, 0.15) is 16.1 Å². The molecule has 0 spiro atoms. The van der Waals surface area contributed by atoms with Crippen molar-refractivity contribution in [1.29, 1.82) is 0 Å². The van der Waals surface area contributed by atoms with Crippen LogP contribution in [-0.4, -0.2) is 15.2 Å². The second-order valence-electron chi connectivity index (χ2n) is 3.54. The van der Waals surface area contributed by atoms with Crippen molar-refractivity contribution in [3.05, 3.63) is 46.7 Å². The van der Waals surface area contributed by atoms with Crippen LogP contribution < -0.4 is 5.32 Å². The first-order chi connectivity index (χ1) is 8.15. The van der Waals surface area contributed by atoms with Crippen LogP contribution in [0.25, 0.3) is 0 Å². The number of nitrogens with zero attached hydrogens (tertiary/aromatic N) is 1. The third-order valence-corrected chi connectivity index (χ3v) is 2.75. The number of phenolic OH excluding ortho intramolecular Hbond substituents is 2. The molecule has 0 amide bonds. The molecule has 0 fully saturated rings. The number of anilines is 1. The first-order valence-corrected chi connectivity index (χ1v) is 5.81. The molecule has 4 nitrogen and oxygen atoms in total. The maximum atomic E-state index is 9.59. The van der Waals surface area contributed by atoms with E-state index in [1.165, 1.54) is 12.1 Å². The number of rotatable bonds is 3. The summed E-state index contributed by atoms with van der Waals surface area (Å²) >= 11 is 3.25. The molecule has 0 aliphatic heterocycles. The average molecular weight is 295 g/mol. The standard InChI is InChI=1S/C12H11BrN2O2/c13-12-4-2-9(7-15-12)14-6-8-1-3-10(16)5-11(8)17/h1-5,7,14,16-17H,6H2. The number of hydrogen-bond donors (Lipinski definition) is 3. The monoisotopic (exact) mass is 294 g/mol. The zero-order valence-corrected chi connectivity index (χ0v) is 10.5. The maximum Gasteiger partial charge on any atom is 0.124 e. The molecule has 0 aliphatic carbocycles. The van der Waals surface area contributed by atoms with E-state index in [0.717, 1.165) is 10.3 Å². The Bertz CT molecular complexity index is 514. The van der Waals surface area contributed by atoms with Crippen LogP contribution in [-0.2, 0) is 6.54 Å². The van der Waals surface area contributed by atoms with E-state index in [9.17, 15) is 5.11 Å². The molecule has 0 unspecified atom stereocenters. The molecule has 0 saturated heterocycles. The van der Waals surface area contributed by atoms with E-state index in [1.807, 2.05) is 12.1 Å². The topological polar surface area (TPSA) is 65.4 Å². The van der Waals surface area contributed by atoms with Gasteiger partial charge in [-0.05, 0) is 40.2 Å². The van der Waals surface area contributed by atoms with Crippen molar-refractivity contribution in [1.82, 2.24) is 4.98 Å². The number of aromatic hydroxyl groups is 2. The van der Waals surface area contributed by atoms with E-state index in [1.54, 1.807) is 12.3 Å². The van der Waals surface area contributed by atoms with Crippen molar-refractivity contribution in [2.75, 3.05) is 5.32 Å². The summed E-state index contributed by atoms with van der Waals surface area (Å²) in [7, 11) is 0. The number of aromatic nitrogens is 1. The van der Waals surface area contributed by atoms with Gasteiger partial charge in [-0.3, -0.25) is 0 Å². The summed E-state index contributed by atoms with van der Waals surface area (Å²) in [5.74, 6) is 0.124. The van der Waals surface area contributed by atoms with Crippen LogP contribution in [0.1, 0.15) is 5.56 Å². The van der Waals surface area contributed by atoms with E-state index in [0.29, 0.717) is 12.1 Å². The lowest BCUT2D eigenvalue weighted by atomic mass is 10.2. The second-order valence-corrected chi connectivity index (χ2v) is 4.35. The zero-order chi connectivity index (χ0) is 12.3. The van der Waals surface area contributed by atoms with E-state index < -0.39 is 0 Å². The maximum absolute atomic E-state index is 9.59. The summed E-state index contributed by atoms with van der Waals surface area (Å²) < 4.78 is 0.774. The molecule has 1 aromatic heterocycles. The minimum absolute atomic E-state index is 0.0524. The fraction of sp³-hybridized carbons (Fsp3) is 0.0833. The van der Waals surface area contributed by atoms with Gasteiger partial charge >= 0.3 is 0 Å². The van der Waals surface area contributed by atoms with Gasteiger partial charge in [0.05, 0.1) is 11.9 Å². The lowest BCUT2D eigenvalue weighted by molar-refractivity contribution is 0.446. The number of hydrogen-bond acceptors (Lipinski definition) is 4. The Morgan fingerprint density at radius 3 is 2.65 bits per heavy atom. The molecule has 0 atom stereocenters. The molecular weight excluding hydrogens is 284 g/mol. The van der Waals surface area contributed by atoms with Crippen molar-refractivity contribution < 1.29 is 10.2 Å². The van der Waals surface area contributed by atoms with Gasteiger partial charge in [-0.2, -0.15) is 0 Å².